The number of rotatable bonds is 9. The van der Waals surface area contributed by atoms with E-state index in [4.69, 9.17) is 10.5 Å². The topological polar surface area (TPSA) is 116 Å². The average molecular weight is 479 g/mol. The van der Waals surface area contributed by atoms with Crippen molar-refractivity contribution in [2.24, 2.45) is 17.1 Å². The van der Waals surface area contributed by atoms with Crippen molar-refractivity contribution in [1.29, 1.82) is 0 Å². The highest BCUT2D eigenvalue weighted by atomic mass is 32.2. The summed E-state index contributed by atoms with van der Waals surface area (Å²) in [5.74, 6) is -2.63. The summed E-state index contributed by atoms with van der Waals surface area (Å²) >= 11 is 0. The summed E-state index contributed by atoms with van der Waals surface area (Å²) in [6, 6.07) is 13.1. The maximum absolute atomic E-state index is 14.8. The monoisotopic (exact) mass is 478 g/mol. The van der Waals surface area contributed by atoms with Crippen molar-refractivity contribution >= 4 is 27.6 Å². The van der Waals surface area contributed by atoms with Crippen molar-refractivity contribution in [2.45, 2.75) is 39.5 Å². The van der Waals surface area contributed by atoms with Gasteiger partial charge < -0.3 is 10.5 Å². The van der Waals surface area contributed by atoms with Crippen molar-refractivity contribution in [2.75, 3.05) is 17.6 Å². The van der Waals surface area contributed by atoms with E-state index in [0.29, 0.717) is 6.42 Å². The number of benzene rings is 2. The molecule has 0 heterocycles. The fraction of sp³-hybridized carbons (Fsp3) is 0.417. The molecular formula is C24H31FN2O5S. The predicted octanol–water partition coefficient (Wildman–Crippen LogP) is 3.39. The molecule has 0 saturated heterocycles. The van der Waals surface area contributed by atoms with Crippen LogP contribution in [0, 0.1) is 17.2 Å². The molecule has 0 saturated carbocycles. The average Bonchev–Trinajstić information content (AvgIpc) is 2.70. The van der Waals surface area contributed by atoms with Gasteiger partial charge in [-0.3, -0.25) is 14.3 Å². The van der Waals surface area contributed by atoms with Crippen LogP contribution in [0.5, 0.6) is 0 Å². The van der Waals surface area contributed by atoms with E-state index in [1.54, 1.807) is 27.7 Å². The number of anilines is 1. The van der Waals surface area contributed by atoms with Gasteiger partial charge in [-0.1, -0.05) is 36.4 Å². The van der Waals surface area contributed by atoms with Gasteiger partial charge in [-0.05, 0) is 57.4 Å². The molecule has 2 atom stereocenters. The van der Waals surface area contributed by atoms with Crippen molar-refractivity contribution < 1.29 is 27.1 Å². The zero-order valence-electron chi connectivity index (χ0n) is 19.5. The lowest BCUT2D eigenvalue weighted by atomic mass is 9.69. The molecule has 180 valence electrons. The first-order chi connectivity index (χ1) is 15.1. The third-order valence-corrected chi connectivity index (χ3v) is 6.14. The second-order valence-electron chi connectivity index (χ2n) is 9.37. The third kappa shape index (κ3) is 6.77. The van der Waals surface area contributed by atoms with Gasteiger partial charge in [0.25, 0.3) is 0 Å². The predicted molar refractivity (Wildman–Crippen MR) is 125 cm³/mol. The lowest BCUT2D eigenvalue weighted by molar-refractivity contribution is -0.156. The Balaban J connectivity index is 2.51. The SMILES string of the molecule is CC(C)(C)C(=O)OC[C@H](Cc1ccccc1)[C@](C)(C(N)=O)c1ccc(NS(C)(=O)=O)c(F)c1. The number of amides is 1. The summed E-state index contributed by atoms with van der Waals surface area (Å²) in [6.07, 6.45) is 1.25. The highest BCUT2D eigenvalue weighted by Crippen LogP contribution is 2.37. The van der Waals surface area contributed by atoms with Crippen LogP contribution in [0.25, 0.3) is 0 Å². The van der Waals surface area contributed by atoms with Crippen LogP contribution in [0.3, 0.4) is 0 Å². The largest absolute Gasteiger partial charge is 0.465 e. The Morgan fingerprint density at radius 3 is 2.18 bits per heavy atom. The van der Waals surface area contributed by atoms with Gasteiger partial charge in [0.05, 0.1) is 29.4 Å². The molecule has 2 aromatic carbocycles. The fourth-order valence-electron chi connectivity index (χ4n) is 3.42. The van der Waals surface area contributed by atoms with Gasteiger partial charge in [0, 0.05) is 5.92 Å². The molecule has 0 fully saturated rings. The molecule has 0 radical (unpaired) electrons. The third-order valence-electron chi connectivity index (χ3n) is 5.55. The Hall–Kier alpha value is -2.94. The molecule has 9 heteroatoms. The van der Waals surface area contributed by atoms with E-state index in [9.17, 15) is 22.4 Å². The molecule has 0 bridgehead atoms. The Bertz CT molecular complexity index is 1110. The van der Waals surface area contributed by atoms with E-state index in [0.717, 1.165) is 17.9 Å². The van der Waals surface area contributed by atoms with Crippen LogP contribution < -0.4 is 10.5 Å². The van der Waals surface area contributed by atoms with Crippen LogP contribution in [0.1, 0.15) is 38.8 Å². The molecular weight excluding hydrogens is 447 g/mol. The van der Waals surface area contributed by atoms with Gasteiger partial charge in [-0.15, -0.1) is 0 Å². The van der Waals surface area contributed by atoms with Gasteiger partial charge in [-0.25, -0.2) is 12.8 Å². The van der Waals surface area contributed by atoms with Gasteiger partial charge in [0.1, 0.15) is 5.82 Å². The number of ether oxygens (including phenoxy) is 1. The summed E-state index contributed by atoms with van der Waals surface area (Å²) in [7, 11) is -3.69. The van der Waals surface area contributed by atoms with Crippen LogP contribution in [0.2, 0.25) is 0 Å². The minimum absolute atomic E-state index is 0.116. The molecule has 2 rings (SSSR count). The maximum atomic E-state index is 14.8. The number of hydrogen-bond donors (Lipinski definition) is 2. The summed E-state index contributed by atoms with van der Waals surface area (Å²) in [5, 5.41) is 0. The van der Waals surface area contributed by atoms with Crippen LogP contribution in [-0.4, -0.2) is 33.2 Å². The minimum atomic E-state index is -3.69. The standard InChI is InChI=1S/C24H31FN2O5S/c1-23(2,3)22(29)32-15-18(13-16-9-7-6-8-10-16)24(4,21(26)28)17-11-12-20(19(25)14-17)27-33(5,30)31/h6-12,14,18,27H,13,15H2,1-5H3,(H2,26,28)/t18-,24+/m0/s1. The number of esters is 1. The lowest BCUT2D eigenvalue weighted by Gasteiger charge is -2.36. The number of hydrogen-bond acceptors (Lipinski definition) is 5. The van der Waals surface area contributed by atoms with Gasteiger partial charge in [0.2, 0.25) is 15.9 Å². The molecule has 0 aromatic heterocycles. The molecule has 2 aromatic rings. The highest BCUT2D eigenvalue weighted by molar-refractivity contribution is 7.92. The first-order valence-corrected chi connectivity index (χ1v) is 12.3. The normalized spacial score (nSPS) is 14.7. The number of nitrogens with two attached hydrogens (primary N) is 1. The summed E-state index contributed by atoms with van der Waals surface area (Å²) in [4.78, 5) is 25.2. The summed E-state index contributed by atoms with van der Waals surface area (Å²) in [6.45, 7) is 6.62. The zero-order valence-corrected chi connectivity index (χ0v) is 20.3. The van der Waals surface area contributed by atoms with E-state index < -0.39 is 44.5 Å². The van der Waals surface area contributed by atoms with Crippen molar-refractivity contribution in [1.82, 2.24) is 0 Å². The smallest absolute Gasteiger partial charge is 0.311 e. The van der Waals surface area contributed by atoms with Crippen molar-refractivity contribution in [3.8, 4) is 0 Å². The lowest BCUT2D eigenvalue weighted by Crippen LogP contribution is -2.48. The van der Waals surface area contributed by atoms with E-state index in [1.807, 2.05) is 30.3 Å². The number of nitrogens with one attached hydrogen (secondary N) is 1. The molecule has 33 heavy (non-hydrogen) atoms. The fourth-order valence-corrected chi connectivity index (χ4v) is 3.99. The van der Waals surface area contributed by atoms with Crippen LogP contribution >= 0.6 is 0 Å². The Morgan fingerprint density at radius 2 is 1.70 bits per heavy atom. The van der Waals surface area contributed by atoms with E-state index in [2.05, 4.69) is 4.72 Å². The first-order valence-electron chi connectivity index (χ1n) is 10.4. The van der Waals surface area contributed by atoms with Crippen molar-refractivity contribution in [3.63, 3.8) is 0 Å². The molecule has 7 nitrogen and oxygen atoms in total. The molecule has 0 aliphatic rings. The number of sulfonamides is 1. The van der Waals surface area contributed by atoms with Gasteiger partial charge >= 0.3 is 5.97 Å². The van der Waals surface area contributed by atoms with E-state index in [-0.39, 0.29) is 17.9 Å². The second-order valence-corrected chi connectivity index (χ2v) is 11.1. The minimum Gasteiger partial charge on any atom is -0.465 e. The van der Waals surface area contributed by atoms with Gasteiger partial charge in [-0.2, -0.15) is 0 Å². The molecule has 3 N–H and O–H groups in total. The Kier molecular flexibility index (Phi) is 7.90. The van der Waals surface area contributed by atoms with E-state index >= 15 is 0 Å². The molecule has 1 amide bonds. The quantitative estimate of drug-likeness (QED) is 0.536. The molecule has 0 aliphatic carbocycles. The van der Waals surface area contributed by atoms with Crippen LogP contribution in [-0.2, 0) is 36.2 Å². The second kappa shape index (κ2) is 9.91. The number of halogens is 1. The van der Waals surface area contributed by atoms with E-state index in [1.165, 1.54) is 12.1 Å². The molecule has 0 spiro atoms. The van der Waals surface area contributed by atoms with Gasteiger partial charge in [0.15, 0.2) is 0 Å². The Labute approximate surface area is 194 Å². The summed E-state index contributed by atoms with van der Waals surface area (Å²) in [5.41, 5.74) is 4.56. The zero-order chi connectivity index (χ0) is 25.0. The number of primary amides is 1. The first kappa shape index (κ1) is 26.3. The Morgan fingerprint density at radius 1 is 1.09 bits per heavy atom. The molecule has 0 unspecified atom stereocenters. The number of carbonyl (C=O) groups is 2. The van der Waals surface area contributed by atoms with Crippen LogP contribution in [0.4, 0.5) is 10.1 Å². The highest BCUT2D eigenvalue weighted by Gasteiger charge is 2.43. The van der Waals surface area contributed by atoms with Crippen molar-refractivity contribution in [3.05, 3.63) is 65.5 Å². The molecule has 0 aliphatic heterocycles. The van der Waals surface area contributed by atoms with Crippen LogP contribution in [0.15, 0.2) is 48.5 Å². The number of carbonyl (C=O) groups excluding carboxylic acids is 2. The maximum Gasteiger partial charge on any atom is 0.311 e. The summed E-state index contributed by atoms with van der Waals surface area (Å²) < 4.78 is 45.4.